The van der Waals surface area contributed by atoms with Gasteiger partial charge in [0.15, 0.2) is 0 Å². The number of benzene rings is 1. The van der Waals surface area contributed by atoms with Crippen LogP contribution in [0.4, 0.5) is 0 Å². The van der Waals surface area contributed by atoms with Crippen molar-refractivity contribution in [2.24, 2.45) is 0 Å². The minimum Gasteiger partial charge on any atom is -0.508 e. The second kappa shape index (κ2) is 7.99. The lowest BCUT2D eigenvalue weighted by molar-refractivity contribution is -0.143. The molecule has 0 bridgehead atoms. The van der Waals surface area contributed by atoms with Crippen LogP contribution in [0.5, 0.6) is 5.75 Å². The number of phenols is 1. The molecule has 0 aromatic heterocycles. The molecular formula is C19H28N2O3. The van der Waals surface area contributed by atoms with Crippen molar-refractivity contribution < 1.29 is 15.0 Å². The molecule has 1 heterocycles. The van der Waals surface area contributed by atoms with E-state index in [-0.39, 0.29) is 5.75 Å². The Balaban J connectivity index is 1.69. The van der Waals surface area contributed by atoms with E-state index in [0.717, 1.165) is 32.6 Å². The maximum atomic E-state index is 11.9. The molecule has 1 saturated heterocycles. The van der Waals surface area contributed by atoms with Crippen molar-refractivity contribution in [1.29, 1.82) is 0 Å². The smallest absolute Gasteiger partial charge is 0.325 e. The van der Waals surface area contributed by atoms with Crippen LogP contribution in [-0.4, -0.2) is 58.2 Å². The summed E-state index contributed by atoms with van der Waals surface area (Å²) < 4.78 is 0. The molecule has 1 aliphatic heterocycles. The second-order valence-corrected chi connectivity index (χ2v) is 7.05. The number of phenolic OH excluding ortho intramolecular Hbond substituents is 1. The van der Waals surface area contributed by atoms with Gasteiger partial charge in [0.25, 0.3) is 0 Å². The summed E-state index contributed by atoms with van der Waals surface area (Å²) in [5.41, 5.74) is 0.661. The van der Waals surface area contributed by atoms with Gasteiger partial charge in [-0.3, -0.25) is 14.6 Å². The molecule has 2 fully saturated rings. The van der Waals surface area contributed by atoms with Crippen LogP contribution >= 0.6 is 0 Å². The Hall–Kier alpha value is -1.59. The Morgan fingerprint density at radius 3 is 2.54 bits per heavy atom. The quantitative estimate of drug-likeness (QED) is 0.888. The zero-order valence-corrected chi connectivity index (χ0v) is 14.2. The third kappa shape index (κ3) is 4.08. The van der Waals surface area contributed by atoms with Crippen LogP contribution in [0.25, 0.3) is 0 Å². The number of carboxylic acid groups (broad SMARTS) is 1. The number of hydrogen-bond acceptors (Lipinski definition) is 4. The first-order valence-electron chi connectivity index (χ1n) is 9.15. The standard InChI is InChI=1S/C19H28N2O3/c22-17-9-4-6-15(14-17)18(19(23)24)21-11-5-10-20(12-13-21)16-7-2-1-3-8-16/h4,6,9,14,16,18,22H,1-3,5,7-8,10-13H2,(H,23,24)/t18-/m1/s1. The van der Waals surface area contributed by atoms with E-state index in [4.69, 9.17) is 0 Å². The largest absolute Gasteiger partial charge is 0.508 e. The molecule has 24 heavy (non-hydrogen) atoms. The molecule has 5 heteroatoms. The summed E-state index contributed by atoms with van der Waals surface area (Å²) in [5, 5.41) is 19.4. The van der Waals surface area contributed by atoms with Gasteiger partial charge in [0.2, 0.25) is 0 Å². The summed E-state index contributed by atoms with van der Waals surface area (Å²) >= 11 is 0. The highest BCUT2D eigenvalue weighted by Crippen LogP contribution is 2.28. The van der Waals surface area contributed by atoms with E-state index < -0.39 is 12.0 Å². The fourth-order valence-corrected chi connectivity index (χ4v) is 4.23. The van der Waals surface area contributed by atoms with Gasteiger partial charge >= 0.3 is 5.97 Å². The van der Waals surface area contributed by atoms with Crippen LogP contribution in [0.2, 0.25) is 0 Å². The van der Waals surface area contributed by atoms with Gasteiger partial charge < -0.3 is 10.2 Å². The van der Waals surface area contributed by atoms with E-state index in [1.165, 1.54) is 32.1 Å². The Morgan fingerprint density at radius 1 is 1.04 bits per heavy atom. The third-order valence-corrected chi connectivity index (χ3v) is 5.44. The van der Waals surface area contributed by atoms with Crippen LogP contribution in [0.1, 0.15) is 50.1 Å². The van der Waals surface area contributed by atoms with E-state index in [2.05, 4.69) is 9.80 Å². The minimum atomic E-state index is -0.841. The van der Waals surface area contributed by atoms with Crippen molar-refractivity contribution in [3.05, 3.63) is 29.8 Å². The van der Waals surface area contributed by atoms with Gasteiger partial charge in [0.1, 0.15) is 11.8 Å². The molecule has 1 saturated carbocycles. The monoisotopic (exact) mass is 332 g/mol. The Morgan fingerprint density at radius 2 is 1.83 bits per heavy atom. The van der Waals surface area contributed by atoms with Crippen molar-refractivity contribution in [2.45, 2.75) is 50.6 Å². The van der Waals surface area contributed by atoms with Crippen molar-refractivity contribution in [3.8, 4) is 5.75 Å². The second-order valence-electron chi connectivity index (χ2n) is 7.05. The number of aromatic hydroxyl groups is 1. The molecule has 2 aliphatic rings. The van der Waals surface area contributed by atoms with Crippen molar-refractivity contribution in [2.75, 3.05) is 26.2 Å². The summed E-state index contributed by atoms with van der Waals surface area (Å²) in [4.78, 5) is 16.5. The van der Waals surface area contributed by atoms with Gasteiger partial charge in [-0.1, -0.05) is 31.4 Å². The van der Waals surface area contributed by atoms with Crippen LogP contribution < -0.4 is 0 Å². The first kappa shape index (κ1) is 17.2. The molecule has 2 N–H and O–H groups in total. The predicted octanol–water partition coefficient (Wildman–Crippen LogP) is 2.86. The SMILES string of the molecule is O=C(O)[C@@H](c1cccc(O)c1)N1CCCN(C2CCCCC2)CC1. The molecule has 1 atom stereocenters. The van der Waals surface area contributed by atoms with E-state index >= 15 is 0 Å². The molecule has 1 aromatic carbocycles. The Labute approximate surface area is 143 Å². The van der Waals surface area contributed by atoms with Gasteiger partial charge in [-0.15, -0.1) is 0 Å². The normalized spacial score (nSPS) is 22.8. The van der Waals surface area contributed by atoms with Gasteiger partial charge in [0.05, 0.1) is 0 Å². The first-order valence-corrected chi connectivity index (χ1v) is 9.15. The van der Waals surface area contributed by atoms with Gasteiger partial charge in [-0.05, 0) is 43.5 Å². The first-order chi connectivity index (χ1) is 11.6. The Bertz CT molecular complexity index is 557. The lowest BCUT2D eigenvalue weighted by Gasteiger charge is -2.33. The fourth-order valence-electron chi connectivity index (χ4n) is 4.23. The zero-order valence-electron chi connectivity index (χ0n) is 14.2. The van der Waals surface area contributed by atoms with Gasteiger partial charge in [-0.25, -0.2) is 0 Å². The molecule has 132 valence electrons. The summed E-state index contributed by atoms with van der Waals surface area (Å²) in [7, 11) is 0. The highest BCUT2D eigenvalue weighted by atomic mass is 16.4. The van der Waals surface area contributed by atoms with E-state index in [0.29, 0.717) is 11.6 Å². The molecule has 0 spiro atoms. The summed E-state index contributed by atoms with van der Waals surface area (Å²) in [6.07, 6.45) is 7.58. The molecule has 0 amide bonds. The van der Waals surface area contributed by atoms with Crippen LogP contribution in [0.15, 0.2) is 24.3 Å². The maximum absolute atomic E-state index is 11.9. The topological polar surface area (TPSA) is 64.0 Å². The fraction of sp³-hybridized carbons (Fsp3) is 0.632. The number of carbonyl (C=O) groups is 1. The van der Waals surface area contributed by atoms with Crippen LogP contribution in [0, 0.1) is 0 Å². The predicted molar refractivity (Wildman–Crippen MR) is 93.1 cm³/mol. The number of aliphatic carboxylic acids is 1. The van der Waals surface area contributed by atoms with Crippen LogP contribution in [0.3, 0.4) is 0 Å². The summed E-state index contributed by atoms with van der Waals surface area (Å²) in [5.74, 6) is -0.718. The molecule has 0 unspecified atom stereocenters. The maximum Gasteiger partial charge on any atom is 0.325 e. The average Bonchev–Trinajstić information content (AvgIpc) is 2.82. The molecule has 5 nitrogen and oxygen atoms in total. The summed E-state index contributed by atoms with van der Waals surface area (Å²) in [6.45, 7) is 3.56. The summed E-state index contributed by atoms with van der Waals surface area (Å²) in [6, 6.07) is 6.67. The number of nitrogens with zero attached hydrogens (tertiary/aromatic N) is 2. The Kier molecular flexibility index (Phi) is 5.74. The highest BCUT2D eigenvalue weighted by Gasteiger charge is 2.31. The highest BCUT2D eigenvalue weighted by molar-refractivity contribution is 5.75. The lowest BCUT2D eigenvalue weighted by atomic mass is 9.94. The molecule has 3 rings (SSSR count). The van der Waals surface area contributed by atoms with Crippen molar-refractivity contribution >= 4 is 5.97 Å². The average molecular weight is 332 g/mol. The minimum absolute atomic E-state index is 0.123. The van der Waals surface area contributed by atoms with Gasteiger partial charge in [0, 0.05) is 25.7 Å². The molecule has 1 aliphatic carbocycles. The number of hydrogen-bond donors (Lipinski definition) is 2. The zero-order chi connectivity index (χ0) is 16.9. The van der Waals surface area contributed by atoms with Gasteiger partial charge in [-0.2, -0.15) is 0 Å². The third-order valence-electron chi connectivity index (χ3n) is 5.44. The molecule has 1 aromatic rings. The molecule has 0 radical (unpaired) electrons. The number of rotatable bonds is 4. The van der Waals surface area contributed by atoms with E-state index in [9.17, 15) is 15.0 Å². The van der Waals surface area contributed by atoms with E-state index in [1.54, 1.807) is 24.3 Å². The van der Waals surface area contributed by atoms with Crippen molar-refractivity contribution in [3.63, 3.8) is 0 Å². The van der Waals surface area contributed by atoms with E-state index in [1.807, 2.05) is 0 Å². The van der Waals surface area contributed by atoms with Crippen LogP contribution in [-0.2, 0) is 4.79 Å². The molecular weight excluding hydrogens is 304 g/mol. The lowest BCUT2D eigenvalue weighted by Crippen LogP contribution is -2.41. The number of carboxylic acids is 1. The van der Waals surface area contributed by atoms with Crippen molar-refractivity contribution in [1.82, 2.24) is 9.80 Å².